The number of carbonyl (C=O) groups excluding carboxylic acids is 1. The third-order valence-corrected chi connectivity index (χ3v) is 6.29. The molecule has 0 amide bonds. The molecule has 8 heteroatoms. The summed E-state index contributed by atoms with van der Waals surface area (Å²) in [5.74, 6) is -1.12. The van der Waals surface area contributed by atoms with Crippen molar-refractivity contribution in [3.8, 4) is 0 Å². The van der Waals surface area contributed by atoms with Crippen LogP contribution in [0.4, 0.5) is 0 Å². The topological polar surface area (TPSA) is 74.3 Å². The van der Waals surface area contributed by atoms with Crippen LogP contribution in [0, 0.1) is 0 Å². The number of nitrogens with zero attached hydrogens (tertiary/aromatic N) is 1. The molecule has 0 radical (unpaired) electrons. The predicted molar refractivity (Wildman–Crippen MR) is 92.6 cm³/mol. The summed E-state index contributed by atoms with van der Waals surface area (Å²) in [4.78, 5) is 17.1. The van der Waals surface area contributed by atoms with Crippen molar-refractivity contribution in [2.75, 3.05) is 13.2 Å². The first-order valence-corrected chi connectivity index (χ1v) is 10.1. The van der Waals surface area contributed by atoms with Gasteiger partial charge in [0.1, 0.15) is 5.78 Å². The van der Waals surface area contributed by atoms with E-state index in [0.29, 0.717) is 0 Å². The molecule has 1 fully saturated rings. The van der Waals surface area contributed by atoms with Crippen molar-refractivity contribution in [2.24, 2.45) is 0 Å². The predicted octanol–water partition coefficient (Wildman–Crippen LogP) is 3.87. The molecule has 0 aromatic heterocycles. The molecule has 1 aromatic rings. The average Bonchev–Trinajstić information content (AvgIpc) is 2.99. The summed E-state index contributed by atoms with van der Waals surface area (Å²) in [7, 11) is -3.47. The second-order valence-corrected chi connectivity index (χ2v) is 7.87. The Bertz CT molecular complexity index is 600. The third-order valence-electron chi connectivity index (χ3n) is 3.88. The molecule has 1 saturated heterocycles. The maximum Gasteiger partial charge on any atom is 0.350 e. The molecule has 0 N–H and O–H groups in total. The molecule has 140 valence electrons. The van der Waals surface area contributed by atoms with Gasteiger partial charge in [-0.3, -0.25) is 14.2 Å². The highest BCUT2D eigenvalue weighted by molar-refractivity contribution is 7.54. The Balaban J connectivity index is 2.31. The lowest BCUT2D eigenvalue weighted by Gasteiger charge is -2.32. The van der Waals surface area contributed by atoms with Gasteiger partial charge in [-0.05, 0) is 26.3 Å². The molecule has 2 rings (SSSR count). The van der Waals surface area contributed by atoms with E-state index in [1.807, 2.05) is 37.3 Å². The molecule has 1 aromatic carbocycles. The molecule has 1 heterocycles. The highest BCUT2D eigenvalue weighted by Gasteiger charge is 2.50. The number of hydroxylamine groups is 2. The van der Waals surface area contributed by atoms with Crippen molar-refractivity contribution in [1.29, 1.82) is 0 Å². The Kier molecular flexibility index (Phi) is 7.16. The van der Waals surface area contributed by atoms with Gasteiger partial charge in [-0.25, -0.2) is 0 Å². The van der Waals surface area contributed by atoms with Crippen molar-refractivity contribution < 1.29 is 28.0 Å². The summed E-state index contributed by atoms with van der Waals surface area (Å²) >= 11 is 0. The summed E-state index contributed by atoms with van der Waals surface area (Å²) in [5, 5.41) is 1.58. The first-order chi connectivity index (χ1) is 11.9. The van der Waals surface area contributed by atoms with Crippen LogP contribution >= 0.6 is 7.60 Å². The van der Waals surface area contributed by atoms with Gasteiger partial charge >= 0.3 is 13.6 Å². The Morgan fingerprint density at radius 1 is 1.28 bits per heavy atom. The SMILES string of the molecule is CCOP(=O)(OCC)[C@@H]1C[C@H](OC(C)=O)ON1[C@@H](C)c1ccccc1. The summed E-state index contributed by atoms with van der Waals surface area (Å²) < 4.78 is 29.4. The van der Waals surface area contributed by atoms with E-state index in [4.69, 9.17) is 18.6 Å². The lowest BCUT2D eigenvalue weighted by Crippen LogP contribution is -2.32. The van der Waals surface area contributed by atoms with Crippen LogP contribution < -0.4 is 0 Å². The lowest BCUT2D eigenvalue weighted by molar-refractivity contribution is -0.245. The fraction of sp³-hybridized carbons (Fsp3) is 0.588. The van der Waals surface area contributed by atoms with Gasteiger partial charge < -0.3 is 13.8 Å². The maximum absolute atomic E-state index is 13.3. The molecule has 0 spiro atoms. The zero-order chi connectivity index (χ0) is 18.4. The van der Waals surface area contributed by atoms with E-state index < -0.39 is 25.6 Å². The van der Waals surface area contributed by atoms with Crippen LogP contribution in [0.2, 0.25) is 0 Å². The minimum atomic E-state index is -3.47. The Morgan fingerprint density at radius 3 is 2.40 bits per heavy atom. The largest absolute Gasteiger partial charge is 0.434 e. The van der Waals surface area contributed by atoms with Crippen LogP contribution in [0.1, 0.15) is 45.7 Å². The lowest BCUT2D eigenvalue weighted by atomic mass is 10.1. The standard InChI is InChI=1S/C17H26NO6P/c1-5-21-25(20,22-6-2)16-12-17(23-14(4)19)24-18(16)13(3)15-10-8-7-9-11-15/h7-11,13,16-17H,5-6,12H2,1-4H3/t13-,16+,17+/m0/s1. The molecule has 0 aliphatic carbocycles. The average molecular weight is 371 g/mol. The van der Waals surface area contributed by atoms with E-state index in [-0.39, 0.29) is 25.7 Å². The minimum absolute atomic E-state index is 0.216. The van der Waals surface area contributed by atoms with E-state index in [1.165, 1.54) is 6.92 Å². The van der Waals surface area contributed by atoms with Crippen LogP contribution in [0.3, 0.4) is 0 Å². The fourth-order valence-electron chi connectivity index (χ4n) is 2.85. The van der Waals surface area contributed by atoms with E-state index in [2.05, 4.69) is 0 Å². The van der Waals surface area contributed by atoms with E-state index in [9.17, 15) is 9.36 Å². The van der Waals surface area contributed by atoms with Crippen LogP contribution in [0.15, 0.2) is 30.3 Å². The van der Waals surface area contributed by atoms with Crippen molar-refractivity contribution in [1.82, 2.24) is 5.06 Å². The third kappa shape index (κ3) is 4.90. The normalized spacial score (nSPS) is 22.7. The van der Waals surface area contributed by atoms with Crippen LogP contribution in [-0.2, 0) is 28.0 Å². The van der Waals surface area contributed by atoms with Gasteiger partial charge in [0.15, 0.2) is 0 Å². The van der Waals surface area contributed by atoms with Crippen LogP contribution in [0.5, 0.6) is 0 Å². The Labute approximate surface area is 148 Å². The van der Waals surface area contributed by atoms with E-state index in [0.717, 1.165) is 5.56 Å². The smallest absolute Gasteiger partial charge is 0.350 e. The summed E-state index contributed by atoms with van der Waals surface area (Å²) in [5.41, 5.74) is 0.982. The molecular formula is C17H26NO6P. The molecule has 0 saturated carbocycles. The molecule has 0 bridgehead atoms. The summed E-state index contributed by atoms with van der Waals surface area (Å²) in [6.07, 6.45) is -0.600. The Hall–Kier alpha value is -1.24. The van der Waals surface area contributed by atoms with Gasteiger partial charge in [-0.1, -0.05) is 30.3 Å². The van der Waals surface area contributed by atoms with Crippen LogP contribution in [0.25, 0.3) is 0 Å². The minimum Gasteiger partial charge on any atom is -0.434 e. The van der Waals surface area contributed by atoms with Crippen molar-refractivity contribution in [3.05, 3.63) is 35.9 Å². The van der Waals surface area contributed by atoms with Gasteiger partial charge in [0.05, 0.1) is 19.3 Å². The number of rotatable bonds is 8. The second kappa shape index (κ2) is 8.92. The molecular weight excluding hydrogens is 345 g/mol. The van der Waals surface area contributed by atoms with E-state index in [1.54, 1.807) is 18.9 Å². The highest BCUT2D eigenvalue weighted by Crippen LogP contribution is 2.59. The number of hydrogen-bond acceptors (Lipinski definition) is 7. The van der Waals surface area contributed by atoms with Gasteiger partial charge in [0.25, 0.3) is 0 Å². The highest BCUT2D eigenvalue weighted by atomic mass is 31.2. The van der Waals surface area contributed by atoms with Crippen molar-refractivity contribution >= 4 is 13.6 Å². The first kappa shape index (κ1) is 20.1. The zero-order valence-corrected chi connectivity index (χ0v) is 16.0. The van der Waals surface area contributed by atoms with Gasteiger partial charge in [0.2, 0.25) is 6.29 Å². The Morgan fingerprint density at radius 2 is 1.88 bits per heavy atom. The molecule has 7 nitrogen and oxygen atoms in total. The zero-order valence-electron chi connectivity index (χ0n) is 15.1. The van der Waals surface area contributed by atoms with Crippen molar-refractivity contribution in [3.63, 3.8) is 0 Å². The molecule has 25 heavy (non-hydrogen) atoms. The van der Waals surface area contributed by atoms with Crippen molar-refractivity contribution in [2.45, 2.75) is 52.2 Å². The maximum atomic E-state index is 13.3. The van der Waals surface area contributed by atoms with Gasteiger partial charge in [-0.15, -0.1) is 0 Å². The summed E-state index contributed by atoms with van der Waals surface area (Å²) in [6.45, 7) is 7.26. The monoisotopic (exact) mass is 371 g/mol. The first-order valence-electron chi connectivity index (χ1n) is 8.47. The number of carbonyl (C=O) groups is 1. The fourth-order valence-corrected chi connectivity index (χ4v) is 4.95. The second-order valence-electron chi connectivity index (χ2n) is 5.68. The summed E-state index contributed by atoms with van der Waals surface area (Å²) in [6, 6.07) is 9.45. The number of esters is 1. The number of ether oxygens (including phenoxy) is 1. The van der Waals surface area contributed by atoms with E-state index >= 15 is 0 Å². The molecule has 1 aliphatic rings. The van der Waals surface area contributed by atoms with Gasteiger partial charge in [0, 0.05) is 13.3 Å². The van der Waals surface area contributed by atoms with Gasteiger partial charge in [-0.2, -0.15) is 5.06 Å². The quantitative estimate of drug-likeness (QED) is 0.507. The van der Waals surface area contributed by atoms with Crippen LogP contribution in [-0.4, -0.2) is 36.3 Å². The molecule has 3 atom stereocenters. The molecule has 1 aliphatic heterocycles. The molecule has 0 unspecified atom stereocenters. The number of benzene rings is 1. The number of hydrogen-bond donors (Lipinski definition) is 0.